The van der Waals surface area contributed by atoms with Crippen LogP contribution >= 0.6 is 0 Å². The summed E-state index contributed by atoms with van der Waals surface area (Å²) in [5, 5.41) is 4.17. The summed E-state index contributed by atoms with van der Waals surface area (Å²) in [4.78, 5) is 7.05. The Morgan fingerprint density at radius 3 is 2.73 bits per heavy atom. The van der Waals surface area contributed by atoms with Crippen LogP contribution in [-0.2, 0) is 12.0 Å². The molecule has 0 N–H and O–H groups in total. The third kappa shape index (κ3) is 3.07. The van der Waals surface area contributed by atoms with Gasteiger partial charge in [0, 0.05) is 11.5 Å². The smallest absolute Gasteiger partial charge is 0.232 e. The molecule has 118 valence electrons. The number of aryl methyl sites for hydroxylation is 1. The van der Waals surface area contributed by atoms with Gasteiger partial charge in [0.05, 0.1) is 6.54 Å². The van der Waals surface area contributed by atoms with Gasteiger partial charge < -0.3 is 4.52 Å². The second-order valence-electron chi connectivity index (χ2n) is 7.25. The van der Waals surface area contributed by atoms with Gasteiger partial charge in [-0.25, -0.2) is 0 Å². The van der Waals surface area contributed by atoms with Crippen molar-refractivity contribution in [1.82, 2.24) is 15.0 Å². The van der Waals surface area contributed by atoms with E-state index in [0.29, 0.717) is 11.9 Å². The van der Waals surface area contributed by atoms with Gasteiger partial charge in [0.2, 0.25) is 5.89 Å². The SMILES string of the molecule is Cc1ccccc1[C@H]1CCCN1Cc1noc(C(C)(C)C)n1. The summed E-state index contributed by atoms with van der Waals surface area (Å²) >= 11 is 0. The average Bonchev–Trinajstić information content (AvgIpc) is 3.09. The quantitative estimate of drug-likeness (QED) is 0.858. The average molecular weight is 299 g/mol. The summed E-state index contributed by atoms with van der Waals surface area (Å²) in [7, 11) is 0. The number of hydrogen-bond donors (Lipinski definition) is 0. The molecular formula is C18H25N3O. The van der Waals surface area contributed by atoms with E-state index in [1.54, 1.807) is 0 Å². The molecule has 1 aromatic carbocycles. The summed E-state index contributed by atoms with van der Waals surface area (Å²) in [5.41, 5.74) is 2.70. The third-order valence-corrected chi connectivity index (χ3v) is 4.37. The Balaban J connectivity index is 1.77. The van der Waals surface area contributed by atoms with Gasteiger partial charge in [0.25, 0.3) is 0 Å². The summed E-state index contributed by atoms with van der Waals surface area (Å²) in [6.45, 7) is 10.3. The molecule has 4 heteroatoms. The highest BCUT2D eigenvalue weighted by Crippen LogP contribution is 2.34. The fraction of sp³-hybridized carbons (Fsp3) is 0.556. The van der Waals surface area contributed by atoms with Gasteiger partial charge in [-0.2, -0.15) is 4.98 Å². The fourth-order valence-corrected chi connectivity index (χ4v) is 3.13. The Morgan fingerprint density at radius 1 is 1.27 bits per heavy atom. The minimum Gasteiger partial charge on any atom is -0.339 e. The molecule has 0 amide bonds. The van der Waals surface area contributed by atoms with Crippen molar-refractivity contribution in [3.05, 3.63) is 47.1 Å². The molecule has 22 heavy (non-hydrogen) atoms. The molecular weight excluding hydrogens is 274 g/mol. The number of aromatic nitrogens is 2. The lowest BCUT2D eigenvalue weighted by molar-refractivity contribution is 0.236. The van der Waals surface area contributed by atoms with Crippen LogP contribution in [0.2, 0.25) is 0 Å². The zero-order valence-electron chi connectivity index (χ0n) is 14.0. The van der Waals surface area contributed by atoms with E-state index >= 15 is 0 Å². The lowest BCUT2D eigenvalue weighted by Gasteiger charge is -2.24. The molecule has 0 unspecified atom stereocenters. The molecule has 0 saturated carbocycles. The van der Waals surface area contributed by atoms with E-state index in [1.807, 2.05) is 0 Å². The fourth-order valence-electron chi connectivity index (χ4n) is 3.13. The van der Waals surface area contributed by atoms with Crippen molar-refractivity contribution in [2.75, 3.05) is 6.54 Å². The Labute approximate surface area is 132 Å². The van der Waals surface area contributed by atoms with Gasteiger partial charge in [-0.05, 0) is 37.4 Å². The second-order valence-corrected chi connectivity index (χ2v) is 7.25. The normalized spacial score (nSPS) is 19.7. The van der Waals surface area contributed by atoms with Crippen LogP contribution in [-0.4, -0.2) is 21.6 Å². The van der Waals surface area contributed by atoms with Crippen molar-refractivity contribution in [3.63, 3.8) is 0 Å². The summed E-state index contributed by atoms with van der Waals surface area (Å²) in [6.07, 6.45) is 2.43. The number of likely N-dealkylation sites (tertiary alicyclic amines) is 1. The van der Waals surface area contributed by atoms with E-state index in [-0.39, 0.29) is 5.41 Å². The topological polar surface area (TPSA) is 42.2 Å². The van der Waals surface area contributed by atoms with Gasteiger partial charge >= 0.3 is 0 Å². The molecule has 1 fully saturated rings. The van der Waals surface area contributed by atoms with Crippen LogP contribution in [0.25, 0.3) is 0 Å². The molecule has 1 aliphatic heterocycles. The zero-order valence-corrected chi connectivity index (χ0v) is 14.0. The monoisotopic (exact) mass is 299 g/mol. The maximum Gasteiger partial charge on any atom is 0.232 e. The number of benzene rings is 1. The van der Waals surface area contributed by atoms with Crippen LogP contribution in [0.1, 0.15) is 62.5 Å². The predicted molar refractivity (Wildman–Crippen MR) is 86.6 cm³/mol. The van der Waals surface area contributed by atoms with E-state index in [2.05, 4.69) is 67.0 Å². The largest absolute Gasteiger partial charge is 0.339 e. The van der Waals surface area contributed by atoms with Crippen molar-refractivity contribution in [2.24, 2.45) is 0 Å². The molecule has 1 aromatic heterocycles. The Bertz CT molecular complexity index is 642. The molecule has 1 atom stereocenters. The highest BCUT2D eigenvalue weighted by Gasteiger charge is 2.29. The van der Waals surface area contributed by atoms with E-state index in [9.17, 15) is 0 Å². The first-order valence-corrected chi connectivity index (χ1v) is 8.08. The van der Waals surface area contributed by atoms with Crippen LogP contribution in [0.15, 0.2) is 28.8 Å². The van der Waals surface area contributed by atoms with Crippen molar-refractivity contribution in [1.29, 1.82) is 0 Å². The lowest BCUT2D eigenvalue weighted by Crippen LogP contribution is -2.24. The van der Waals surface area contributed by atoms with Gasteiger partial charge in [-0.3, -0.25) is 4.90 Å². The summed E-state index contributed by atoms with van der Waals surface area (Å²) in [6, 6.07) is 9.14. The molecule has 0 spiro atoms. The molecule has 4 nitrogen and oxygen atoms in total. The first kappa shape index (κ1) is 15.2. The standard InChI is InChI=1S/C18H25N3O/c1-13-8-5-6-9-14(13)15-10-7-11-21(15)12-16-19-17(22-20-16)18(2,3)4/h5-6,8-9,15H,7,10-12H2,1-4H3/t15-/m1/s1. The molecule has 0 aliphatic carbocycles. The Kier molecular flexibility index (Phi) is 4.04. The van der Waals surface area contributed by atoms with Crippen molar-refractivity contribution in [2.45, 2.75) is 58.5 Å². The van der Waals surface area contributed by atoms with Gasteiger partial charge in [0.1, 0.15) is 0 Å². The van der Waals surface area contributed by atoms with E-state index in [1.165, 1.54) is 24.0 Å². The molecule has 0 radical (unpaired) electrons. The summed E-state index contributed by atoms with van der Waals surface area (Å²) < 4.78 is 5.42. The molecule has 2 aromatic rings. The van der Waals surface area contributed by atoms with Crippen molar-refractivity contribution < 1.29 is 4.52 Å². The number of nitrogens with zero attached hydrogens (tertiary/aromatic N) is 3. The van der Waals surface area contributed by atoms with Gasteiger partial charge in [0.15, 0.2) is 5.82 Å². The maximum absolute atomic E-state index is 5.42. The molecule has 2 heterocycles. The van der Waals surface area contributed by atoms with E-state index in [0.717, 1.165) is 18.9 Å². The van der Waals surface area contributed by atoms with Crippen molar-refractivity contribution in [3.8, 4) is 0 Å². The molecule has 1 saturated heterocycles. The van der Waals surface area contributed by atoms with E-state index < -0.39 is 0 Å². The minimum absolute atomic E-state index is 0.0916. The highest BCUT2D eigenvalue weighted by atomic mass is 16.5. The number of rotatable bonds is 3. The highest BCUT2D eigenvalue weighted by molar-refractivity contribution is 5.29. The zero-order chi connectivity index (χ0) is 15.7. The lowest BCUT2D eigenvalue weighted by atomic mass is 9.97. The third-order valence-electron chi connectivity index (χ3n) is 4.37. The second kappa shape index (κ2) is 5.84. The molecule has 3 rings (SSSR count). The molecule has 1 aliphatic rings. The van der Waals surface area contributed by atoms with E-state index in [4.69, 9.17) is 4.52 Å². The van der Waals surface area contributed by atoms with Crippen LogP contribution in [0.3, 0.4) is 0 Å². The van der Waals surface area contributed by atoms with Gasteiger partial charge in [-0.1, -0.05) is 50.2 Å². The number of hydrogen-bond acceptors (Lipinski definition) is 4. The van der Waals surface area contributed by atoms with Crippen LogP contribution in [0.5, 0.6) is 0 Å². The summed E-state index contributed by atoms with van der Waals surface area (Å²) in [5.74, 6) is 1.51. The van der Waals surface area contributed by atoms with Crippen LogP contribution in [0, 0.1) is 6.92 Å². The van der Waals surface area contributed by atoms with Crippen LogP contribution < -0.4 is 0 Å². The van der Waals surface area contributed by atoms with Gasteiger partial charge in [-0.15, -0.1) is 0 Å². The maximum atomic E-state index is 5.42. The first-order valence-electron chi connectivity index (χ1n) is 8.08. The Morgan fingerprint density at radius 2 is 2.05 bits per heavy atom. The first-order chi connectivity index (χ1) is 10.4. The Hall–Kier alpha value is -1.68. The predicted octanol–water partition coefficient (Wildman–Crippen LogP) is 4.01. The molecule has 0 bridgehead atoms. The van der Waals surface area contributed by atoms with Crippen LogP contribution in [0.4, 0.5) is 0 Å². The van der Waals surface area contributed by atoms with Crippen molar-refractivity contribution >= 4 is 0 Å². The minimum atomic E-state index is -0.0916.